The summed E-state index contributed by atoms with van der Waals surface area (Å²) in [7, 11) is 1.82. The predicted octanol–water partition coefficient (Wildman–Crippen LogP) is 2.83. The maximum atomic E-state index is 10.6. The number of carboxylic acids is 1. The van der Waals surface area contributed by atoms with Crippen molar-refractivity contribution in [2.24, 2.45) is 0 Å². The lowest BCUT2D eigenvalue weighted by molar-refractivity contribution is -0.138. The summed E-state index contributed by atoms with van der Waals surface area (Å²) in [5, 5.41) is 8.75. The van der Waals surface area contributed by atoms with Crippen LogP contribution in [0, 0.1) is 0 Å². The molecule has 112 valence electrons. The van der Waals surface area contributed by atoms with E-state index < -0.39 is 5.97 Å². The quantitative estimate of drug-likeness (QED) is 0.754. The molecule has 0 aliphatic heterocycles. The molecule has 20 heavy (non-hydrogen) atoms. The number of rotatable bonds is 9. The predicted molar refractivity (Wildman–Crippen MR) is 83.2 cm³/mol. The lowest BCUT2D eigenvalue weighted by atomic mass is 10.1. The molecule has 1 rings (SSSR count). The summed E-state index contributed by atoms with van der Waals surface area (Å²) < 4.78 is 0. The zero-order valence-corrected chi connectivity index (χ0v) is 12.8. The smallest absolute Gasteiger partial charge is 0.317 e. The first-order valence-electron chi connectivity index (χ1n) is 7.31. The minimum atomic E-state index is -0.791. The summed E-state index contributed by atoms with van der Waals surface area (Å²) in [5.74, 6) is -0.791. The van der Waals surface area contributed by atoms with Gasteiger partial charge in [0.25, 0.3) is 0 Å². The monoisotopic (exact) mass is 278 g/mol. The van der Waals surface area contributed by atoms with Crippen molar-refractivity contribution in [3.63, 3.8) is 0 Å². The van der Waals surface area contributed by atoms with Crippen LogP contribution in [0.5, 0.6) is 0 Å². The summed E-state index contributed by atoms with van der Waals surface area (Å²) in [6.45, 7) is 7.27. The summed E-state index contributed by atoms with van der Waals surface area (Å²) in [6.07, 6.45) is 2.28. The molecule has 0 saturated carbocycles. The van der Waals surface area contributed by atoms with Crippen molar-refractivity contribution in [2.75, 3.05) is 31.6 Å². The van der Waals surface area contributed by atoms with Crippen molar-refractivity contribution in [2.45, 2.75) is 33.2 Å². The maximum Gasteiger partial charge on any atom is 0.317 e. The van der Waals surface area contributed by atoms with E-state index in [1.807, 2.05) is 7.05 Å². The Balaban J connectivity index is 2.64. The molecule has 0 aliphatic carbocycles. The van der Waals surface area contributed by atoms with E-state index in [0.29, 0.717) is 6.54 Å². The lowest BCUT2D eigenvalue weighted by Gasteiger charge is -2.24. The second kappa shape index (κ2) is 8.59. The Morgan fingerprint density at radius 3 is 2.10 bits per heavy atom. The molecule has 0 aliphatic rings. The molecule has 0 heterocycles. The number of aliphatic carboxylic acids is 1. The molecule has 0 atom stereocenters. The molecular formula is C16H26N2O2. The Kier molecular flexibility index (Phi) is 7.09. The third kappa shape index (κ3) is 5.61. The first kappa shape index (κ1) is 16.5. The Morgan fingerprint density at radius 1 is 1.10 bits per heavy atom. The fourth-order valence-corrected chi connectivity index (χ4v) is 2.32. The number of carboxylic acid groups (broad SMARTS) is 1. The summed E-state index contributed by atoms with van der Waals surface area (Å²) in [6, 6.07) is 8.45. The van der Waals surface area contributed by atoms with Crippen LogP contribution in [0.4, 0.5) is 5.69 Å². The second-order valence-electron chi connectivity index (χ2n) is 5.22. The van der Waals surface area contributed by atoms with Gasteiger partial charge in [0.2, 0.25) is 0 Å². The standard InChI is InChI=1S/C16H26N2O2/c1-4-10-18(11-5-2)15-8-6-14(7-9-15)12-17(3)13-16(19)20/h6-9H,4-5,10-13H2,1-3H3,(H,19,20). The first-order chi connectivity index (χ1) is 9.56. The second-order valence-corrected chi connectivity index (χ2v) is 5.22. The molecule has 0 amide bonds. The van der Waals surface area contributed by atoms with E-state index in [4.69, 9.17) is 5.11 Å². The Bertz CT molecular complexity index is 397. The molecule has 0 radical (unpaired) electrons. The highest BCUT2D eigenvalue weighted by Crippen LogP contribution is 2.17. The van der Waals surface area contributed by atoms with Crippen LogP contribution in [0.2, 0.25) is 0 Å². The van der Waals surface area contributed by atoms with Crippen molar-refractivity contribution in [3.05, 3.63) is 29.8 Å². The summed E-state index contributed by atoms with van der Waals surface area (Å²) in [5.41, 5.74) is 2.39. The van der Waals surface area contributed by atoms with Gasteiger partial charge in [0.1, 0.15) is 0 Å². The molecule has 4 nitrogen and oxygen atoms in total. The van der Waals surface area contributed by atoms with E-state index in [-0.39, 0.29) is 6.54 Å². The Morgan fingerprint density at radius 2 is 1.65 bits per heavy atom. The van der Waals surface area contributed by atoms with Crippen LogP contribution in [0.25, 0.3) is 0 Å². The minimum Gasteiger partial charge on any atom is -0.480 e. The Hall–Kier alpha value is -1.55. The average molecular weight is 278 g/mol. The summed E-state index contributed by atoms with van der Waals surface area (Å²) >= 11 is 0. The molecule has 4 heteroatoms. The fraction of sp³-hybridized carbons (Fsp3) is 0.562. The molecule has 0 unspecified atom stereocenters. The zero-order chi connectivity index (χ0) is 15.0. The summed E-state index contributed by atoms with van der Waals surface area (Å²) in [4.78, 5) is 14.8. The molecule has 1 aromatic rings. The highest BCUT2D eigenvalue weighted by Gasteiger charge is 2.07. The van der Waals surface area contributed by atoms with Crippen LogP contribution in [0.15, 0.2) is 24.3 Å². The molecule has 0 spiro atoms. The number of hydrogen-bond donors (Lipinski definition) is 1. The van der Waals surface area contributed by atoms with Crippen LogP contribution in [-0.4, -0.2) is 42.7 Å². The number of carbonyl (C=O) groups is 1. The van der Waals surface area contributed by atoms with Gasteiger partial charge in [-0.2, -0.15) is 0 Å². The van der Waals surface area contributed by atoms with Crippen molar-refractivity contribution in [1.29, 1.82) is 0 Å². The van der Waals surface area contributed by atoms with Crippen LogP contribution >= 0.6 is 0 Å². The molecular weight excluding hydrogens is 252 g/mol. The molecule has 1 aromatic carbocycles. The van der Waals surface area contributed by atoms with E-state index in [9.17, 15) is 4.79 Å². The van der Waals surface area contributed by atoms with Gasteiger partial charge < -0.3 is 10.0 Å². The van der Waals surface area contributed by atoms with E-state index >= 15 is 0 Å². The fourth-order valence-electron chi connectivity index (χ4n) is 2.32. The average Bonchev–Trinajstić information content (AvgIpc) is 2.38. The largest absolute Gasteiger partial charge is 0.480 e. The number of nitrogens with zero attached hydrogens (tertiary/aromatic N) is 2. The molecule has 1 N–H and O–H groups in total. The molecule has 0 aromatic heterocycles. The van der Waals surface area contributed by atoms with Gasteiger partial charge in [0.05, 0.1) is 6.54 Å². The van der Waals surface area contributed by atoms with Gasteiger partial charge in [-0.05, 0) is 37.6 Å². The first-order valence-corrected chi connectivity index (χ1v) is 7.31. The maximum absolute atomic E-state index is 10.6. The van der Waals surface area contributed by atoms with Gasteiger partial charge in [0, 0.05) is 25.3 Å². The minimum absolute atomic E-state index is 0.0690. The van der Waals surface area contributed by atoms with Crippen molar-refractivity contribution in [3.8, 4) is 0 Å². The third-order valence-corrected chi connectivity index (χ3v) is 3.15. The van der Waals surface area contributed by atoms with Gasteiger partial charge in [-0.25, -0.2) is 0 Å². The van der Waals surface area contributed by atoms with Gasteiger partial charge in [-0.3, -0.25) is 9.69 Å². The van der Waals surface area contributed by atoms with Crippen molar-refractivity contribution >= 4 is 11.7 Å². The highest BCUT2D eigenvalue weighted by molar-refractivity contribution is 5.69. The van der Waals surface area contributed by atoms with Crippen LogP contribution in [0.1, 0.15) is 32.3 Å². The van der Waals surface area contributed by atoms with E-state index in [2.05, 4.69) is 43.0 Å². The third-order valence-electron chi connectivity index (χ3n) is 3.15. The van der Waals surface area contributed by atoms with Crippen molar-refractivity contribution < 1.29 is 9.90 Å². The molecule has 0 bridgehead atoms. The van der Waals surface area contributed by atoms with E-state index in [0.717, 1.165) is 31.5 Å². The lowest BCUT2D eigenvalue weighted by Crippen LogP contribution is -2.26. The number of likely N-dealkylation sites (N-methyl/N-ethyl adjacent to an activating group) is 1. The van der Waals surface area contributed by atoms with Crippen molar-refractivity contribution in [1.82, 2.24) is 4.90 Å². The molecule has 0 saturated heterocycles. The van der Waals surface area contributed by atoms with Crippen LogP contribution < -0.4 is 4.90 Å². The normalized spacial score (nSPS) is 10.8. The van der Waals surface area contributed by atoms with Crippen LogP contribution in [-0.2, 0) is 11.3 Å². The SMILES string of the molecule is CCCN(CCC)c1ccc(CN(C)CC(=O)O)cc1. The van der Waals surface area contributed by atoms with E-state index in [1.54, 1.807) is 4.90 Å². The molecule has 0 fully saturated rings. The number of hydrogen-bond acceptors (Lipinski definition) is 3. The number of benzene rings is 1. The van der Waals surface area contributed by atoms with E-state index in [1.165, 1.54) is 5.69 Å². The highest BCUT2D eigenvalue weighted by atomic mass is 16.4. The Labute approximate surface area is 122 Å². The number of anilines is 1. The van der Waals surface area contributed by atoms with Gasteiger partial charge in [-0.15, -0.1) is 0 Å². The topological polar surface area (TPSA) is 43.8 Å². The van der Waals surface area contributed by atoms with Gasteiger partial charge >= 0.3 is 5.97 Å². The van der Waals surface area contributed by atoms with Gasteiger partial charge in [-0.1, -0.05) is 26.0 Å². The van der Waals surface area contributed by atoms with Crippen LogP contribution in [0.3, 0.4) is 0 Å². The van der Waals surface area contributed by atoms with Gasteiger partial charge in [0.15, 0.2) is 0 Å². The zero-order valence-electron chi connectivity index (χ0n) is 12.8.